The van der Waals surface area contributed by atoms with Crippen molar-refractivity contribution in [2.45, 2.75) is 19.6 Å². The number of hydrogen-bond donors (Lipinski definition) is 0. The molecule has 37 heavy (non-hydrogen) atoms. The van der Waals surface area contributed by atoms with E-state index in [0.29, 0.717) is 0 Å². The maximum Gasteiger partial charge on any atom is 0.269 e. The van der Waals surface area contributed by atoms with Crippen LogP contribution in [0.5, 0.6) is 11.5 Å². The molecule has 0 unspecified atom stereocenters. The Labute approximate surface area is 210 Å². The van der Waals surface area contributed by atoms with Crippen molar-refractivity contribution < 1.29 is 31.4 Å². The summed E-state index contributed by atoms with van der Waals surface area (Å²) in [6, 6.07) is 19.9. The van der Waals surface area contributed by atoms with Gasteiger partial charge in [-0.25, -0.2) is 16.8 Å². The number of hydrogen-bond acceptors (Lipinski definition) is 9. The van der Waals surface area contributed by atoms with Crippen molar-refractivity contribution >= 4 is 31.0 Å². The number of ether oxygens (including phenoxy) is 1. The minimum Gasteiger partial charge on any atom is -0.457 e. The van der Waals surface area contributed by atoms with Crippen molar-refractivity contribution in [2.24, 2.45) is 0 Å². The first-order chi connectivity index (χ1) is 17.5. The van der Waals surface area contributed by atoms with Gasteiger partial charge in [-0.1, -0.05) is 12.1 Å². The Hall–Kier alpha value is -4.62. The Kier molecular flexibility index (Phi) is 6.74. The van der Waals surface area contributed by atoms with E-state index in [1.54, 1.807) is 0 Å². The average molecular weight is 541 g/mol. The van der Waals surface area contributed by atoms with E-state index in [0.717, 1.165) is 48.5 Å². The minimum atomic E-state index is -4.02. The summed E-state index contributed by atoms with van der Waals surface area (Å²) in [6.07, 6.45) is 0. The molecule has 0 bridgehead atoms. The molecule has 13 heteroatoms. The molecule has 0 heterocycles. The standard InChI is InChI=1S/C24H16N2O9S2/c27-25(28)17-7-11-21(12-8-17)36(31,32)23-5-1-3-19(15-23)35-20-4-2-6-24(16-20)37(33,34)22-13-9-18(10-14-22)26(29)30/h1-16H. The van der Waals surface area contributed by atoms with E-state index in [4.69, 9.17) is 4.74 Å². The van der Waals surface area contributed by atoms with Gasteiger partial charge >= 0.3 is 0 Å². The summed E-state index contributed by atoms with van der Waals surface area (Å²) in [5.41, 5.74) is -0.501. The lowest BCUT2D eigenvalue weighted by molar-refractivity contribution is -0.385. The molecule has 0 atom stereocenters. The van der Waals surface area contributed by atoms with Gasteiger partial charge in [-0.2, -0.15) is 0 Å². The predicted molar refractivity (Wildman–Crippen MR) is 130 cm³/mol. The molecule has 11 nitrogen and oxygen atoms in total. The Bertz CT molecular complexity index is 1590. The first-order valence-electron chi connectivity index (χ1n) is 10.4. The fourth-order valence-electron chi connectivity index (χ4n) is 3.31. The van der Waals surface area contributed by atoms with E-state index < -0.39 is 29.5 Å². The van der Waals surface area contributed by atoms with Gasteiger partial charge < -0.3 is 4.74 Å². The van der Waals surface area contributed by atoms with Crippen LogP contribution < -0.4 is 4.74 Å². The Morgan fingerprint density at radius 1 is 0.514 bits per heavy atom. The minimum absolute atomic E-state index is 0.105. The number of non-ortho nitro benzene ring substituents is 2. The van der Waals surface area contributed by atoms with Crippen LogP contribution in [0.1, 0.15) is 0 Å². The zero-order valence-electron chi connectivity index (χ0n) is 18.6. The smallest absolute Gasteiger partial charge is 0.269 e. The van der Waals surface area contributed by atoms with Gasteiger partial charge in [0.1, 0.15) is 11.5 Å². The summed E-state index contributed by atoms with van der Waals surface area (Å²) in [7, 11) is -8.04. The van der Waals surface area contributed by atoms with Gasteiger partial charge in [0.2, 0.25) is 19.7 Å². The molecule has 0 radical (unpaired) electrons. The lowest BCUT2D eigenvalue weighted by Gasteiger charge is -2.10. The molecule has 0 aliphatic carbocycles. The van der Waals surface area contributed by atoms with Gasteiger partial charge in [0.05, 0.1) is 29.4 Å². The number of nitrogens with zero attached hydrogens (tertiary/aromatic N) is 2. The molecule has 4 rings (SSSR count). The molecule has 4 aromatic carbocycles. The van der Waals surface area contributed by atoms with Crippen LogP contribution in [0.15, 0.2) is 117 Å². The molecule has 0 saturated carbocycles. The molecule has 0 spiro atoms. The lowest BCUT2D eigenvalue weighted by atomic mass is 10.3. The first kappa shape index (κ1) is 25.5. The van der Waals surface area contributed by atoms with Crippen molar-refractivity contribution in [1.82, 2.24) is 0 Å². The van der Waals surface area contributed by atoms with E-state index in [2.05, 4.69) is 0 Å². The van der Waals surface area contributed by atoms with Crippen molar-refractivity contribution in [3.8, 4) is 11.5 Å². The van der Waals surface area contributed by atoms with Gasteiger partial charge in [-0.15, -0.1) is 0 Å². The quantitative estimate of drug-likeness (QED) is 0.222. The monoisotopic (exact) mass is 540 g/mol. The second-order valence-electron chi connectivity index (χ2n) is 7.56. The third-order valence-corrected chi connectivity index (χ3v) is 8.72. The zero-order valence-corrected chi connectivity index (χ0v) is 20.3. The summed E-state index contributed by atoms with van der Waals surface area (Å²) in [4.78, 5) is 19.8. The Morgan fingerprint density at radius 2 is 0.865 bits per heavy atom. The normalized spacial score (nSPS) is 11.6. The van der Waals surface area contributed by atoms with Crippen molar-refractivity contribution in [3.05, 3.63) is 117 Å². The lowest BCUT2D eigenvalue weighted by Crippen LogP contribution is -2.03. The van der Waals surface area contributed by atoms with Crippen molar-refractivity contribution in [3.63, 3.8) is 0 Å². The van der Waals surface area contributed by atoms with Crippen LogP contribution in [0, 0.1) is 20.2 Å². The highest BCUT2D eigenvalue weighted by Gasteiger charge is 2.21. The fourth-order valence-corrected chi connectivity index (χ4v) is 5.90. The summed E-state index contributed by atoms with van der Waals surface area (Å²) in [6.45, 7) is 0. The van der Waals surface area contributed by atoms with Crippen molar-refractivity contribution in [1.29, 1.82) is 0 Å². The van der Waals surface area contributed by atoms with Gasteiger partial charge in [-0.3, -0.25) is 20.2 Å². The number of rotatable bonds is 8. The molecule has 0 amide bonds. The third-order valence-electron chi connectivity index (χ3n) is 5.18. The Morgan fingerprint density at radius 3 is 1.19 bits per heavy atom. The molecule has 0 aliphatic heterocycles. The van der Waals surface area contributed by atoms with Crippen LogP contribution in [-0.4, -0.2) is 26.7 Å². The maximum atomic E-state index is 13.0. The molecule has 0 aliphatic rings. The number of benzene rings is 4. The molecular formula is C24H16N2O9S2. The number of sulfone groups is 2. The molecule has 0 fully saturated rings. The number of nitro benzene ring substituents is 2. The second kappa shape index (κ2) is 9.79. The molecule has 0 N–H and O–H groups in total. The second-order valence-corrected chi connectivity index (χ2v) is 11.5. The van der Waals surface area contributed by atoms with E-state index in [1.165, 1.54) is 48.5 Å². The van der Waals surface area contributed by atoms with Crippen LogP contribution in [0.3, 0.4) is 0 Å². The van der Waals surface area contributed by atoms with Crippen LogP contribution in [0.2, 0.25) is 0 Å². The van der Waals surface area contributed by atoms with E-state index in [9.17, 15) is 37.1 Å². The van der Waals surface area contributed by atoms with Crippen LogP contribution >= 0.6 is 0 Å². The number of nitro groups is 2. The molecule has 188 valence electrons. The summed E-state index contributed by atoms with van der Waals surface area (Å²) in [5, 5.41) is 21.7. The first-order valence-corrected chi connectivity index (χ1v) is 13.3. The highest BCUT2D eigenvalue weighted by Crippen LogP contribution is 2.31. The highest BCUT2D eigenvalue weighted by atomic mass is 32.2. The summed E-state index contributed by atoms with van der Waals surface area (Å²) >= 11 is 0. The molecular weight excluding hydrogens is 524 g/mol. The van der Waals surface area contributed by atoms with E-state index in [1.807, 2.05) is 0 Å². The van der Waals surface area contributed by atoms with Gasteiger partial charge in [-0.05, 0) is 60.7 Å². The highest BCUT2D eigenvalue weighted by molar-refractivity contribution is 7.91. The van der Waals surface area contributed by atoms with Crippen molar-refractivity contribution in [2.75, 3.05) is 0 Å². The maximum absolute atomic E-state index is 13.0. The van der Waals surface area contributed by atoms with Gasteiger partial charge in [0, 0.05) is 24.3 Å². The topological polar surface area (TPSA) is 164 Å². The summed E-state index contributed by atoms with van der Waals surface area (Å²) in [5.74, 6) is 0.209. The van der Waals surface area contributed by atoms with Gasteiger partial charge in [0.15, 0.2) is 0 Å². The van der Waals surface area contributed by atoms with Crippen LogP contribution in [0.25, 0.3) is 0 Å². The van der Waals surface area contributed by atoms with E-state index >= 15 is 0 Å². The predicted octanol–water partition coefficient (Wildman–Crippen LogP) is 4.96. The third kappa shape index (κ3) is 5.32. The van der Waals surface area contributed by atoms with Crippen LogP contribution in [-0.2, 0) is 19.7 Å². The largest absolute Gasteiger partial charge is 0.457 e. The summed E-state index contributed by atoms with van der Waals surface area (Å²) < 4.78 is 57.6. The Balaban J connectivity index is 1.60. The molecule has 0 aromatic heterocycles. The van der Waals surface area contributed by atoms with Gasteiger partial charge in [0.25, 0.3) is 11.4 Å². The average Bonchev–Trinajstić information content (AvgIpc) is 2.89. The van der Waals surface area contributed by atoms with E-state index in [-0.39, 0.29) is 42.5 Å². The SMILES string of the molecule is O=[N+]([O-])c1ccc(S(=O)(=O)c2cccc(Oc3cccc(S(=O)(=O)c4ccc([N+](=O)[O-])cc4)c3)c2)cc1. The van der Waals surface area contributed by atoms with Crippen LogP contribution in [0.4, 0.5) is 11.4 Å². The molecule has 4 aromatic rings. The fraction of sp³-hybridized carbons (Fsp3) is 0. The zero-order chi connectivity index (χ0) is 26.8. The molecule has 0 saturated heterocycles.